The first-order chi connectivity index (χ1) is 14.2. The topological polar surface area (TPSA) is 75.6 Å². The molecule has 2 aliphatic heterocycles. The average Bonchev–Trinajstić information content (AvgIpc) is 2.72. The van der Waals surface area contributed by atoms with E-state index in [1.54, 1.807) is 7.11 Å². The van der Waals surface area contributed by atoms with Gasteiger partial charge in [0.05, 0.1) is 5.60 Å². The van der Waals surface area contributed by atoms with Crippen LogP contribution in [0.4, 0.5) is 4.79 Å². The van der Waals surface area contributed by atoms with Gasteiger partial charge in [0, 0.05) is 72.9 Å². The van der Waals surface area contributed by atoms with Gasteiger partial charge in [0.25, 0.3) is 0 Å². The van der Waals surface area contributed by atoms with E-state index in [0.717, 1.165) is 71.0 Å². The van der Waals surface area contributed by atoms with Crippen LogP contribution in [0.25, 0.3) is 0 Å². The Kier molecular flexibility index (Phi) is 11.9. The van der Waals surface area contributed by atoms with Gasteiger partial charge in [0.1, 0.15) is 5.60 Å². The number of methoxy groups -OCH3 is 1. The van der Waals surface area contributed by atoms with E-state index in [9.17, 15) is 4.79 Å². The maximum atomic E-state index is 12.4. The van der Waals surface area contributed by atoms with Crippen LogP contribution >= 0.6 is 24.0 Å². The van der Waals surface area contributed by atoms with E-state index < -0.39 is 5.60 Å². The maximum absolute atomic E-state index is 12.4. The Hall–Kier alpha value is -0.810. The summed E-state index contributed by atoms with van der Waals surface area (Å²) in [4.78, 5) is 21.0. The molecule has 0 radical (unpaired) electrons. The zero-order valence-corrected chi connectivity index (χ0v) is 22.6. The van der Waals surface area contributed by atoms with Gasteiger partial charge in [-0.2, -0.15) is 0 Å². The summed E-state index contributed by atoms with van der Waals surface area (Å²) in [5.74, 6) is 1.41. The summed E-state index contributed by atoms with van der Waals surface area (Å²) in [5, 5.41) is 3.52. The van der Waals surface area contributed by atoms with Gasteiger partial charge >= 0.3 is 6.09 Å². The van der Waals surface area contributed by atoms with Gasteiger partial charge in [-0.25, -0.2) is 4.79 Å². The Balaban J connectivity index is 0.00000480. The first kappa shape index (κ1) is 28.2. The molecule has 1 N–H and O–H groups in total. The Morgan fingerprint density at radius 3 is 2.35 bits per heavy atom. The van der Waals surface area contributed by atoms with E-state index in [4.69, 9.17) is 14.2 Å². The number of likely N-dealkylation sites (tertiary alicyclic amines) is 1. The lowest BCUT2D eigenvalue weighted by molar-refractivity contribution is -0.0858. The number of halogens is 1. The Morgan fingerprint density at radius 1 is 1.26 bits per heavy atom. The van der Waals surface area contributed by atoms with Crippen molar-refractivity contribution in [3.63, 3.8) is 0 Å². The van der Waals surface area contributed by atoms with Crippen LogP contribution in [0.1, 0.15) is 53.4 Å². The molecule has 2 saturated heterocycles. The third-order valence-corrected chi connectivity index (χ3v) is 6.04. The summed E-state index contributed by atoms with van der Waals surface area (Å²) in [5.41, 5.74) is -0.641. The highest BCUT2D eigenvalue weighted by molar-refractivity contribution is 14.0. The van der Waals surface area contributed by atoms with Crippen molar-refractivity contribution in [3.05, 3.63) is 0 Å². The van der Waals surface area contributed by atoms with Crippen LogP contribution in [0.3, 0.4) is 0 Å². The van der Waals surface area contributed by atoms with Crippen molar-refractivity contribution in [1.29, 1.82) is 0 Å². The quantitative estimate of drug-likeness (QED) is 0.309. The standard InChI is InChI=1S/C22H42N4O4.HI/c1-7-25(20(27)30-21(2,3)4)16-18-8-12-26(13-9-18)19(23-5)24-17-22(28-6)10-14-29-15-11-22;/h18H,7-17H2,1-6H3,(H,23,24);1H. The zero-order valence-electron chi connectivity index (χ0n) is 20.2. The van der Waals surface area contributed by atoms with E-state index >= 15 is 0 Å². The number of carbonyl (C=O) groups is 1. The fourth-order valence-corrected chi connectivity index (χ4v) is 4.07. The molecule has 2 fully saturated rings. The minimum atomic E-state index is -0.462. The van der Waals surface area contributed by atoms with Crippen LogP contribution in [0, 0.1) is 5.92 Å². The Bertz CT molecular complexity index is 568. The number of piperidine rings is 1. The highest BCUT2D eigenvalue weighted by atomic mass is 127. The molecule has 0 saturated carbocycles. The summed E-state index contributed by atoms with van der Waals surface area (Å²) < 4.78 is 16.9. The second-order valence-electron chi connectivity index (χ2n) is 9.35. The van der Waals surface area contributed by atoms with Gasteiger partial charge in [-0.1, -0.05) is 0 Å². The predicted octanol–water partition coefficient (Wildman–Crippen LogP) is 3.34. The highest BCUT2D eigenvalue weighted by Gasteiger charge is 2.33. The third-order valence-electron chi connectivity index (χ3n) is 6.04. The van der Waals surface area contributed by atoms with Crippen LogP contribution in [0.15, 0.2) is 4.99 Å². The number of carbonyl (C=O) groups excluding carboxylic acids is 1. The molecular formula is C22H43IN4O4. The molecule has 0 bridgehead atoms. The SMILES string of the molecule is CCN(CC1CCN(C(=NC)NCC2(OC)CCOCC2)CC1)C(=O)OC(C)(C)C.I. The van der Waals surface area contributed by atoms with E-state index in [1.165, 1.54) is 0 Å². The molecule has 0 aromatic carbocycles. The van der Waals surface area contributed by atoms with E-state index in [1.807, 2.05) is 39.6 Å². The lowest BCUT2D eigenvalue weighted by atomic mass is 9.94. The number of aliphatic imine (C=N–C) groups is 1. The smallest absolute Gasteiger partial charge is 0.410 e. The Morgan fingerprint density at radius 2 is 1.87 bits per heavy atom. The summed E-state index contributed by atoms with van der Waals surface area (Å²) in [6.45, 7) is 13.2. The fourth-order valence-electron chi connectivity index (χ4n) is 4.07. The molecule has 0 aromatic heterocycles. The van der Waals surface area contributed by atoms with Gasteiger partial charge < -0.3 is 29.3 Å². The van der Waals surface area contributed by atoms with Gasteiger partial charge in [0.15, 0.2) is 5.96 Å². The molecule has 0 atom stereocenters. The summed E-state index contributed by atoms with van der Waals surface area (Å²) >= 11 is 0. The molecule has 8 nitrogen and oxygen atoms in total. The lowest BCUT2D eigenvalue weighted by Gasteiger charge is -2.39. The molecule has 0 unspecified atom stereocenters. The number of nitrogens with zero attached hydrogens (tertiary/aromatic N) is 3. The molecule has 1 amide bonds. The van der Waals surface area contributed by atoms with Gasteiger partial charge in [-0.15, -0.1) is 24.0 Å². The normalized spacial score (nSPS) is 20.1. The monoisotopic (exact) mass is 554 g/mol. The van der Waals surface area contributed by atoms with Crippen molar-refractivity contribution in [3.8, 4) is 0 Å². The van der Waals surface area contributed by atoms with Gasteiger partial charge in [-0.05, 0) is 46.5 Å². The van der Waals surface area contributed by atoms with Crippen LogP contribution < -0.4 is 5.32 Å². The molecule has 2 rings (SSSR count). The minimum absolute atomic E-state index is 0. The van der Waals surface area contributed by atoms with Crippen molar-refractivity contribution < 1.29 is 19.0 Å². The molecule has 2 aliphatic rings. The third kappa shape index (κ3) is 8.92. The Labute approximate surface area is 205 Å². The summed E-state index contributed by atoms with van der Waals surface area (Å²) in [6.07, 6.45) is 3.64. The average molecular weight is 555 g/mol. The predicted molar refractivity (Wildman–Crippen MR) is 134 cm³/mol. The number of ether oxygens (including phenoxy) is 3. The number of amides is 1. The van der Waals surface area contributed by atoms with Crippen LogP contribution in [-0.4, -0.2) is 93.1 Å². The fraction of sp³-hybridized carbons (Fsp3) is 0.909. The first-order valence-corrected chi connectivity index (χ1v) is 11.3. The highest BCUT2D eigenvalue weighted by Crippen LogP contribution is 2.24. The lowest BCUT2D eigenvalue weighted by Crippen LogP contribution is -2.53. The summed E-state index contributed by atoms with van der Waals surface area (Å²) in [6, 6.07) is 0. The van der Waals surface area contributed by atoms with Gasteiger partial charge in [0.2, 0.25) is 0 Å². The van der Waals surface area contributed by atoms with Crippen molar-refractivity contribution in [2.24, 2.45) is 10.9 Å². The largest absolute Gasteiger partial charge is 0.444 e. The summed E-state index contributed by atoms with van der Waals surface area (Å²) in [7, 11) is 3.62. The number of nitrogens with one attached hydrogen (secondary N) is 1. The zero-order chi connectivity index (χ0) is 22.2. The van der Waals surface area contributed by atoms with Crippen LogP contribution in [-0.2, 0) is 14.2 Å². The van der Waals surface area contributed by atoms with Crippen LogP contribution in [0.5, 0.6) is 0 Å². The van der Waals surface area contributed by atoms with Crippen molar-refractivity contribution in [1.82, 2.24) is 15.1 Å². The molecular weight excluding hydrogens is 511 g/mol. The molecule has 31 heavy (non-hydrogen) atoms. The number of hydrogen-bond acceptors (Lipinski definition) is 5. The van der Waals surface area contributed by atoms with Crippen molar-refractivity contribution >= 4 is 36.0 Å². The van der Waals surface area contributed by atoms with Crippen molar-refractivity contribution in [2.75, 3.05) is 60.1 Å². The molecule has 182 valence electrons. The van der Waals surface area contributed by atoms with E-state index in [0.29, 0.717) is 12.5 Å². The molecule has 0 aromatic rings. The van der Waals surface area contributed by atoms with E-state index in [-0.39, 0.29) is 35.7 Å². The number of guanidine groups is 1. The maximum Gasteiger partial charge on any atom is 0.410 e. The molecule has 0 aliphatic carbocycles. The molecule has 9 heteroatoms. The van der Waals surface area contributed by atoms with Gasteiger partial charge in [-0.3, -0.25) is 4.99 Å². The van der Waals surface area contributed by atoms with Crippen molar-refractivity contribution in [2.45, 2.75) is 64.6 Å². The molecule has 0 spiro atoms. The second kappa shape index (κ2) is 13.0. The number of hydrogen-bond donors (Lipinski definition) is 1. The first-order valence-electron chi connectivity index (χ1n) is 11.3. The van der Waals surface area contributed by atoms with E-state index in [2.05, 4.69) is 15.2 Å². The van der Waals surface area contributed by atoms with Crippen LogP contribution in [0.2, 0.25) is 0 Å². The number of rotatable bonds is 6. The second-order valence-corrected chi connectivity index (χ2v) is 9.35. The minimum Gasteiger partial charge on any atom is -0.444 e. The molecule has 2 heterocycles.